The van der Waals surface area contributed by atoms with Gasteiger partial charge in [0.25, 0.3) is 11.9 Å². The highest BCUT2D eigenvalue weighted by molar-refractivity contribution is 6.26. The molecule has 224 valence electrons. The number of aliphatic hydroxyl groups is 3. The molecule has 13 heteroatoms. The van der Waals surface area contributed by atoms with Gasteiger partial charge >= 0.3 is 0 Å². The van der Waals surface area contributed by atoms with Gasteiger partial charge in [-0.3, -0.25) is 34.1 Å². The van der Waals surface area contributed by atoms with Crippen molar-refractivity contribution in [2.45, 2.75) is 69.4 Å². The Morgan fingerprint density at radius 2 is 1.84 bits per heavy atom. The largest absolute Gasteiger partial charge is 0.343 e. The molecule has 0 bridgehead atoms. The standard InChI is InChI=1S/C30H32N6O7/c37-23-6-5-22(26(38)33-23)36-25-24-20(3-1-4-21(24)27(36)39)18(15-31-25)13-17-14-32-35(16-17)19-7-11-34(12-8-19)28(40)29(9-2-10-29)30(41,42)43/h1,3-4,14-16,19,22,41-43H,2,5-13H2,(H,33,37,38). The number of amides is 4. The van der Waals surface area contributed by atoms with Gasteiger partial charge in [0.2, 0.25) is 17.7 Å². The van der Waals surface area contributed by atoms with Crippen molar-refractivity contribution in [3.05, 3.63) is 53.5 Å². The van der Waals surface area contributed by atoms with Crippen LogP contribution >= 0.6 is 0 Å². The minimum absolute atomic E-state index is 0.0582. The lowest BCUT2D eigenvalue weighted by Gasteiger charge is -2.48. The Kier molecular flexibility index (Phi) is 6.38. The first-order valence-electron chi connectivity index (χ1n) is 14.6. The first-order valence-corrected chi connectivity index (χ1v) is 14.6. The fourth-order valence-electron chi connectivity index (χ4n) is 7.03. The second kappa shape index (κ2) is 9.93. The van der Waals surface area contributed by atoms with Gasteiger partial charge in [-0.2, -0.15) is 5.10 Å². The van der Waals surface area contributed by atoms with E-state index in [1.54, 1.807) is 23.4 Å². The maximum atomic E-state index is 13.4. The van der Waals surface area contributed by atoms with Gasteiger partial charge in [-0.15, -0.1) is 0 Å². The summed E-state index contributed by atoms with van der Waals surface area (Å²) in [7, 11) is 0. The summed E-state index contributed by atoms with van der Waals surface area (Å²) in [5, 5.41) is 38.0. The Labute approximate surface area is 246 Å². The molecule has 4 aliphatic rings. The highest BCUT2D eigenvalue weighted by atomic mass is 16.7. The lowest BCUT2D eigenvalue weighted by molar-refractivity contribution is -0.379. The Morgan fingerprint density at radius 1 is 1.07 bits per heavy atom. The molecule has 1 aromatic carbocycles. The number of rotatable bonds is 6. The molecule has 7 rings (SSSR count). The zero-order chi connectivity index (χ0) is 30.1. The molecule has 43 heavy (non-hydrogen) atoms. The number of carbonyl (C=O) groups excluding carboxylic acids is 4. The van der Waals surface area contributed by atoms with Gasteiger partial charge in [0.15, 0.2) is 0 Å². The number of imide groups is 1. The van der Waals surface area contributed by atoms with E-state index < -0.39 is 29.2 Å². The monoisotopic (exact) mass is 588 g/mol. The summed E-state index contributed by atoms with van der Waals surface area (Å²) in [5.74, 6) is -4.16. The Balaban J connectivity index is 1.07. The zero-order valence-corrected chi connectivity index (χ0v) is 23.4. The number of aromatic nitrogens is 3. The van der Waals surface area contributed by atoms with Crippen molar-refractivity contribution in [2.24, 2.45) is 5.41 Å². The van der Waals surface area contributed by atoms with Gasteiger partial charge in [-0.1, -0.05) is 18.6 Å². The quantitative estimate of drug-likeness (QED) is 0.239. The van der Waals surface area contributed by atoms with E-state index in [4.69, 9.17) is 0 Å². The zero-order valence-electron chi connectivity index (χ0n) is 23.4. The summed E-state index contributed by atoms with van der Waals surface area (Å²) in [4.78, 5) is 58.4. The molecule has 1 atom stereocenters. The predicted octanol–water partition coefficient (Wildman–Crippen LogP) is 0.752. The number of piperidine rings is 2. The number of benzene rings is 1. The molecular formula is C30H32N6O7. The molecule has 2 aromatic heterocycles. The third-order valence-corrected chi connectivity index (χ3v) is 9.61. The number of anilines is 1. The predicted molar refractivity (Wildman–Crippen MR) is 150 cm³/mol. The minimum atomic E-state index is -3.02. The molecule has 1 unspecified atom stereocenters. The van der Waals surface area contributed by atoms with E-state index in [2.05, 4.69) is 15.4 Å². The molecule has 5 heterocycles. The van der Waals surface area contributed by atoms with Gasteiger partial charge < -0.3 is 20.2 Å². The van der Waals surface area contributed by atoms with Crippen LogP contribution in [-0.4, -0.2) is 83.7 Å². The first-order chi connectivity index (χ1) is 20.6. The van der Waals surface area contributed by atoms with Crippen LogP contribution in [0.1, 0.15) is 72.5 Å². The van der Waals surface area contributed by atoms with Crippen LogP contribution in [0.15, 0.2) is 36.8 Å². The smallest absolute Gasteiger partial charge is 0.290 e. The van der Waals surface area contributed by atoms with E-state index in [1.165, 1.54) is 4.90 Å². The molecular weight excluding hydrogens is 556 g/mol. The number of nitrogens with one attached hydrogen (secondary N) is 1. The second-order valence-electron chi connectivity index (χ2n) is 12.1. The summed E-state index contributed by atoms with van der Waals surface area (Å²) >= 11 is 0. The van der Waals surface area contributed by atoms with E-state index in [1.807, 2.05) is 23.0 Å². The molecule has 4 N–H and O–H groups in total. The molecule has 3 aromatic rings. The average molecular weight is 589 g/mol. The summed E-state index contributed by atoms with van der Waals surface area (Å²) in [6, 6.07) is 4.75. The number of likely N-dealkylation sites (tertiary alicyclic amines) is 1. The number of hydrogen-bond acceptors (Lipinski definition) is 9. The third kappa shape index (κ3) is 4.33. The summed E-state index contributed by atoms with van der Waals surface area (Å²) in [5.41, 5.74) is 0.792. The second-order valence-corrected chi connectivity index (χ2v) is 12.1. The molecule has 13 nitrogen and oxygen atoms in total. The number of hydrogen-bond donors (Lipinski definition) is 4. The lowest BCUT2D eigenvalue weighted by Crippen LogP contribution is -2.62. The van der Waals surface area contributed by atoms with Crippen molar-refractivity contribution in [3.63, 3.8) is 0 Å². The van der Waals surface area contributed by atoms with Crippen molar-refractivity contribution in [3.8, 4) is 0 Å². The molecule has 3 fully saturated rings. The normalized spacial score (nSPS) is 22.2. The van der Waals surface area contributed by atoms with Crippen molar-refractivity contribution in [1.29, 1.82) is 0 Å². The van der Waals surface area contributed by atoms with Crippen LogP contribution in [-0.2, 0) is 20.8 Å². The Morgan fingerprint density at radius 3 is 2.51 bits per heavy atom. The van der Waals surface area contributed by atoms with E-state index in [9.17, 15) is 34.5 Å². The van der Waals surface area contributed by atoms with Crippen molar-refractivity contribution in [2.75, 3.05) is 18.0 Å². The van der Waals surface area contributed by atoms with Crippen LogP contribution in [0, 0.1) is 5.41 Å². The third-order valence-electron chi connectivity index (χ3n) is 9.61. The number of pyridine rings is 1. The SMILES string of the molecule is O=C1CCC(N2C(=O)c3cccc4c(Cc5cnn(C6CCN(C(=O)C7(C(O)(O)O)CCC7)CC6)c5)cnc2c34)C(=O)N1. The molecule has 1 aliphatic carbocycles. The van der Waals surface area contributed by atoms with Gasteiger partial charge in [-0.25, -0.2) is 4.98 Å². The maximum absolute atomic E-state index is 13.4. The first kappa shape index (κ1) is 27.6. The molecule has 0 radical (unpaired) electrons. The minimum Gasteiger partial charge on any atom is -0.343 e. The molecule has 2 saturated heterocycles. The Hall–Kier alpha value is -4.20. The molecule has 0 spiro atoms. The molecule has 3 aliphatic heterocycles. The maximum Gasteiger partial charge on any atom is 0.290 e. The van der Waals surface area contributed by atoms with Crippen molar-refractivity contribution >= 4 is 40.2 Å². The molecule has 1 saturated carbocycles. The van der Waals surface area contributed by atoms with Crippen LogP contribution in [0.5, 0.6) is 0 Å². The van der Waals surface area contributed by atoms with Crippen LogP contribution in [0.25, 0.3) is 10.8 Å². The molecule has 4 amide bonds. The fraction of sp³-hybridized carbons (Fsp3) is 0.467. The van der Waals surface area contributed by atoms with Crippen LogP contribution in [0.2, 0.25) is 0 Å². The highest BCUT2D eigenvalue weighted by Crippen LogP contribution is 2.49. The number of carbonyl (C=O) groups is 4. The lowest BCUT2D eigenvalue weighted by atomic mass is 9.65. The van der Waals surface area contributed by atoms with Crippen molar-refractivity contribution < 1.29 is 34.5 Å². The fourth-order valence-corrected chi connectivity index (χ4v) is 7.03. The van der Waals surface area contributed by atoms with Crippen LogP contribution in [0.4, 0.5) is 5.82 Å². The van der Waals surface area contributed by atoms with E-state index in [0.29, 0.717) is 55.5 Å². The summed E-state index contributed by atoms with van der Waals surface area (Å²) in [6.45, 7) is 0.847. The van der Waals surface area contributed by atoms with Gasteiger partial charge in [0.05, 0.1) is 17.8 Å². The van der Waals surface area contributed by atoms with E-state index >= 15 is 0 Å². The van der Waals surface area contributed by atoms with Crippen LogP contribution in [0.3, 0.4) is 0 Å². The highest BCUT2D eigenvalue weighted by Gasteiger charge is 2.60. The number of nitrogens with zero attached hydrogens (tertiary/aromatic N) is 5. The van der Waals surface area contributed by atoms with Gasteiger partial charge in [0.1, 0.15) is 17.3 Å². The average Bonchev–Trinajstić information content (AvgIpc) is 3.52. The summed E-state index contributed by atoms with van der Waals surface area (Å²) < 4.78 is 1.90. The van der Waals surface area contributed by atoms with E-state index in [0.717, 1.165) is 16.5 Å². The van der Waals surface area contributed by atoms with Crippen molar-refractivity contribution in [1.82, 2.24) is 25.0 Å². The summed E-state index contributed by atoms with van der Waals surface area (Å²) in [6.07, 6.45) is 8.83. The van der Waals surface area contributed by atoms with E-state index in [-0.39, 0.29) is 43.5 Å². The van der Waals surface area contributed by atoms with Gasteiger partial charge in [0, 0.05) is 43.7 Å². The van der Waals surface area contributed by atoms with Gasteiger partial charge in [-0.05, 0) is 54.7 Å². The topological polar surface area (TPSA) is 178 Å². The van der Waals surface area contributed by atoms with Crippen LogP contribution < -0.4 is 10.2 Å². The Bertz CT molecular complexity index is 1660.